The van der Waals surface area contributed by atoms with Crippen LogP contribution in [0.5, 0.6) is 5.75 Å². The van der Waals surface area contributed by atoms with Crippen LogP contribution in [0.4, 0.5) is 0 Å². The van der Waals surface area contributed by atoms with Crippen molar-refractivity contribution in [2.45, 2.75) is 25.2 Å². The number of aliphatic hydroxyl groups is 2. The smallest absolute Gasteiger partial charge is 0.230 e. The van der Waals surface area contributed by atoms with Crippen LogP contribution >= 0.6 is 0 Å². The molecule has 0 spiro atoms. The van der Waals surface area contributed by atoms with Gasteiger partial charge in [0.1, 0.15) is 5.75 Å². The summed E-state index contributed by atoms with van der Waals surface area (Å²) in [6.45, 7) is 1.81. The summed E-state index contributed by atoms with van der Waals surface area (Å²) in [6, 6.07) is 7.15. The molecule has 2 atom stereocenters. The minimum atomic E-state index is -1.24. The number of aliphatic hydroxyl groups excluding tert-OH is 1. The van der Waals surface area contributed by atoms with E-state index in [2.05, 4.69) is 0 Å². The van der Waals surface area contributed by atoms with Crippen molar-refractivity contribution in [1.29, 1.82) is 0 Å². The zero-order valence-corrected chi connectivity index (χ0v) is 7.40. The Balaban J connectivity index is 2.52. The van der Waals surface area contributed by atoms with Crippen molar-refractivity contribution in [2.24, 2.45) is 0 Å². The molecule has 0 aliphatic carbocycles. The van der Waals surface area contributed by atoms with Gasteiger partial charge < -0.3 is 14.9 Å². The quantitative estimate of drug-likeness (QED) is 0.677. The van der Waals surface area contributed by atoms with Gasteiger partial charge in [0, 0.05) is 5.56 Å². The summed E-state index contributed by atoms with van der Waals surface area (Å²) >= 11 is 0. The fourth-order valence-corrected chi connectivity index (χ4v) is 1.64. The van der Waals surface area contributed by atoms with E-state index in [4.69, 9.17) is 4.74 Å². The van der Waals surface area contributed by atoms with Crippen molar-refractivity contribution < 1.29 is 14.9 Å². The van der Waals surface area contributed by atoms with E-state index in [0.717, 1.165) is 0 Å². The van der Waals surface area contributed by atoms with Crippen LogP contribution in [-0.2, 0) is 5.60 Å². The molecule has 2 N–H and O–H groups in total. The predicted molar refractivity (Wildman–Crippen MR) is 47.3 cm³/mol. The van der Waals surface area contributed by atoms with Crippen LogP contribution in [0.15, 0.2) is 24.3 Å². The second kappa shape index (κ2) is 2.72. The van der Waals surface area contributed by atoms with E-state index in [9.17, 15) is 10.2 Å². The van der Waals surface area contributed by atoms with Gasteiger partial charge in [-0.1, -0.05) is 25.1 Å². The van der Waals surface area contributed by atoms with E-state index in [1.54, 1.807) is 12.1 Å². The third kappa shape index (κ3) is 1.04. The first-order valence-corrected chi connectivity index (χ1v) is 4.35. The molecule has 1 heterocycles. The highest BCUT2D eigenvalue weighted by Crippen LogP contribution is 2.41. The van der Waals surface area contributed by atoms with Crippen LogP contribution in [0.1, 0.15) is 18.9 Å². The molecule has 0 bridgehead atoms. The first-order valence-electron chi connectivity index (χ1n) is 4.35. The molecular formula is C10H12O3. The maximum absolute atomic E-state index is 10.0. The van der Waals surface area contributed by atoms with Crippen molar-refractivity contribution in [3.63, 3.8) is 0 Å². The van der Waals surface area contributed by atoms with E-state index >= 15 is 0 Å². The Morgan fingerprint density at radius 3 is 2.85 bits per heavy atom. The second-order valence-corrected chi connectivity index (χ2v) is 3.24. The van der Waals surface area contributed by atoms with Gasteiger partial charge in [-0.3, -0.25) is 0 Å². The molecule has 1 aliphatic rings. The Bertz CT molecular complexity index is 324. The maximum Gasteiger partial charge on any atom is 0.230 e. The average molecular weight is 180 g/mol. The van der Waals surface area contributed by atoms with Crippen molar-refractivity contribution in [3.05, 3.63) is 29.8 Å². The average Bonchev–Trinajstić information content (AvgIpc) is 2.41. The number of ether oxygens (including phenoxy) is 1. The van der Waals surface area contributed by atoms with Crippen LogP contribution < -0.4 is 4.74 Å². The molecule has 0 saturated carbocycles. The van der Waals surface area contributed by atoms with Crippen LogP contribution in [0.3, 0.4) is 0 Å². The maximum atomic E-state index is 10.0. The Kier molecular flexibility index (Phi) is 1.78. The molecule has 1 aliphatic heterocycles. The zero-order chi connectivity index (χ0) is 9.47. The van der Waals surface area contributed by atoms with E-state index in [0.29, 0.717) is 17.7 Å². The van der Waals surface area contributed by atoms with Crippen molar-refractivity contribution in [1.82, 2.24) is 0 Å². The zero-order valence-electron chi connectivity index (χ0n) is 7.40. The lowest BCUT2D eigenvalue weighted by Crippen LogP contribution is -2.36. The normalized spacial score (nSPS) is 31.2. The molecule has 3 heteroatoms. The summed E-state index contributed by atoms with van der Waals surface area (Å²) < 4.78 is 5.12. The van der Waals surface area contributed by atoms with Gasteiger partial charge in [-0.15, -0.1) is 0 Å². The number of hydrogen-bond donors (Lipinski definition) is 2. The molecule has 0 amide bonds. The molecule has 70 valence electrons. The van der Waals surface area contributed by atoms with Gasteiger partial charge in [0.2, 0.25) is 6.29 Å². The third-order valence-electron chi connectivity index (χ3n) is 2.54. The van der Waals surface area contributed by atoms with Gasteiger partial charge in [-0.25, -0.2) is 0 Å². The molecule has 1 aromatic carbocycles. The van der Waals surface area contributed by atoms with Crippen LogP contribution in [0, 0.1) is 0 Å². The largest absolute Gasteiger partial charge is 0.461 e. The van der Waals surface area contributed by atoms with Gasteiger partial charge in [-0.05, 0) is 12.5 Å². The van der Waals surface area contributed by atoms with E-state index in [1.165, 1.54) is 0 Å². The van der Waals surface area contributed by atoms with Crippen molar-refractivity contribution in [2.75, 3.05) is 0 Å². The number of rotatable bonds is 1. The molecule has 0 radical (unpaired) electrons. The van der Waals surface area contributed by atoms with E-state index < -0.39 is 11.9 Å². The topological polar surface area (TPSA) is 49.7 Å². The summed E-state index contributed by atoms with van der Waals surface area (Å²) in [5, 5.41) is 19.5. The van der Waals surface area contributed by atoms with Gasteiger partial charge in [0.25, 0.3) is 0 Å². The van der Waals surface area contributed by atoms with Crippen LogP contribution in [0.25, 0.3) is 0 Å². The lowest BCUT2D eigenvalue weighted by atomic mass is 9.92. The molecule has 0 saturated heterocycles. The molecule has 2 rings (SSSR count). The molecule has 2 unspecified atom stereocenters. The Labute approximate surface area is 76.6 Å². The van der Waals surface area contributed by atoms with Gasteiger partial charge >= 0.3 is 0 Å². The van der Waals surface area contributed by atoms with Gasteiger partial charge in [0.05, 0.1) is 0 Å². The van der Waals surface area contributed by atoms with E-state index in [-0.39, 0.29) is 0 Å². The lowest BCUT2D eigenvalue weighted by Gasteiger charge is -2.23. The number of para-hydroxylation sites is 1. The Morgan fingerprint density at radius 1 is 1.46 bits per heavy atom. The molecule has 0 aromatic heterocycles. The van der Waals surface area contributed by atoms with Gasteiger partial charge in [0.15, 0.2) is 5.60 Å². The summed E-state index contributed by atoms with van der Waals surface area (Å²) in [6.07, 6.45) is -0.708. The lowest BCUT2D eigenvalue weighted by molar-refractivity contribution is -0.153. The van der Waals surface area contributed by atoms with Crippen LogP contribution in [-0.4, -0.2) is 16.5 Å². The predicted octanol–water partition coefficient (Wildman–Crippen LogP) is 0.995. The number of fused-ring (bicyclic) bond motifs is 1. The Morgan fingerprint density at radius 2 is 2.15 bits per heavy atom. The fraction of sp³-hybridized carbons (Fsp3) is 0.400. The van der Waals surface area contributed by atoms with Crippen LogP contribution in [0.2, 0.25) is 0 Å². The molecule has 0 fully saturated rings. The van der Waals surface area contributed by atoms with Crippen molar-refractivity contribution >= 4 is 0 Å². The summed E-state index contributed by atoms with van der Waals surface area (Å²) in [4.78, 5) is 0. The minimum Gasteiger partial charge on any atom is -0.461 e. The summed E-state index contributed by atoms with van der Waals surface area (Å²) in [5.74, 6) is 0.569. The molecule has 3 nitrogen and oxygen atoms in total. The highest BCUT2D eigenvalue weighted by atomic mass is 16.6. The highest BCUT2D eigenvalue weighted by Gasteiger charge is 2.45. The molecular weight excluding hydrogens is 168 g/mol. The minimum absolute atomic E-state index is 0.436. The summed E-state index contributed by atoms with van der Waals surface area (Å²) in [5.41, 5.74) is -0.568. The monoisotopic (exact) mass is 180 g/mol. The Hall–Kier alpha value is -1.06. The van der Waals surface area contributed by atoms with Gasteiger partial charge in [-0.2, -0.15) is 0 Å². The first kappa shape index (κ1) is 8.53. The molecule has 1 aromatic rings. The SMILES string of the molecule is CCC1(O)c2ccccc2OC1O. The second-order valence-electron chi connectivity index (χ2n) is 3.24. The standard InChI is InChI=1S/C10H12O3/c1-2-10(12)7-5-3-4-6-8(7)13-9(10)11/h3-6,9,11-12H,2H2,1H3. The number of benzene rings is 1. The van der Waals surface area contributed by atoms with Crippen molar-refractivity contribution in [3.8, 4) is 5.75 Å². The third-order valence-corrected chi connectivity index (χ3v) is 2.54. The first-order chi connectivity index (χ1) is 6.18. The van der Waals surface area contributed by atoms with E-state index in [1.807, 2.05) is 19.1 Å². The highest BCUT2D eigenvalue weighted by molar-refractivity contribution is 5.42. The fourth-order valence-electron chi connectivity index (χ4n) is 1.64. The molecule has 13 heavy (non-hydrogen) atoms. The summed E-state index contributed by atoms with van der Waals surface area (Å²) in [7, 11) is 0. The number of hydrogen-bond acceptors (Lipinski definition) is 3.